The number of halogens is 1. The van der Waals surface area contributed by atoms with Gasteiger partial charge in [-0.25, -0.2) is 4.98 Å². The molecule has 2 aromatic carbocycles. The topological polar surface area (TPSA) is 80.7 Å². The number of aromatic amines is 1. The normalized spacial score (nSPS) is 10.9. The van der Waals surface area contributed by atoms with Crippen molar-refractivity contribution < 1.29 is 0 Å². The van der Waals surface area contributed by atoms with Crippen molar-refractivity contribution in [1.29, 1.82) is 0 Å². The summed E-state index contributed by atoms with van der Waals surface area (Å²) >= 11 is 6.09. The van der Waals surface area contributed by atoms with Gasteiger partial charge in [0.1, 0.15) is 11.3 Å². The molecular weight excluding hydrogens is 248 g/mol. The maximum absolute atomic E-state index is 6.09. The second kappa shape index (κ2) is 3.92. The zero-order chi connectivity index (χ0) is 12.7. The van der Waals surface area contributed by atoms with Crippen LogP contribution in [0.25, 0.3) is 22.4 Å². The molecule has 18 heavy (non-hydrogen) atoms. The molecule has 0 atom stereocenters. The Bertz CT molecular complexity index is 713. The first-order valence-corrected chi connectivity index (χ1v) is 5.82. The zero-order valence-electron chi connectivity index (χ0n) is 9.44. The zero-order valence-corrected chi connectivity index (χ0v) is 10.2. The van der Waals surface area contributed by atoms with E-state index in [0.29, 0.717) is 22.2 Å². The number of hydrogen-bond acceptors (Lipinski definition) is 3. The highest BCUT2D eigenvalue weighted by Gasteiger charge is 2.08. The van der Waals surface area contributed by atoms with Crippen LogP contribution in [0.2, 0.25) is 5.02 Å². The second-order valence-electron chi connectivity index (χ2n) is 4.11. The van der Waals surface area contributed by atoms with Crippen molar-refractivity contribution in [3.05, 3.63) is 41.4 Å². The lowest BCUT2D eigenvalue weighted by Gasteiger charge is -2.01. The highest BCUT2D eigenvalue weighted by molar-refractivity contribution is 6.35. The van der Waals surface area contributed by atoms with Crippen LogP contribution < -0.4 is 11.5 Å². The molecule has 0 aliphatic heterocycles. The molecule has 5 heteroatoms. The summed E-state index contributed by atoms with van der Waals surface area (Å²) in [6, 6.07) is 11.0. The van der Waals surface area contributed by atoms with Crippen molar-refractivity contribution in [2.45, 2.75) is 0 Å². The minimum atomic E-state index is 0.608. The Morgan fingerprint density at radius 1 is 1.06 bits per heavy atom. The molecule has 3 rings (SSSR count). The van der Waals surface area contributed by atoms with E-state index in [1.54, 1.807) is 6.07 Å². The molecular formula is C13H11ClN4. The van der Waals surface area contributed by atoms with Gasteiger partial charge in [-0.3, -0.25) is 0 Å². The number of anilines is 2. The average Bonchev–Trinajstić information content (AvgIpc) is 2.73. The van der Waals surface area contributed by atoms with Crippen LogP contribution in [0.5, 0.6) is 0 Å². The van der Waals surface area contributed by atoms with Crippen LogP contribution in [0.4, 0.5) is 11.4 Å². The van der Waals surface area contributed by atoms with Gasteiger partial charge in [-0.2, -0.15) is 0 Å². The predicted octanol–water partition coefficient (Wildman–Crippen LogP) is 3.05. The number of nitrogen functional groups attached to an aromatic ring is 2. The molecule has 0 unspecified atom stereocenters. The summed E-state index contributed by atoms with van der Waals surface area (Å²) in [5, 5.41) is 0.617. The lowest BCUT2D eigenvalue weighted by Crippen LogP contribution is -1.92. The molecule has 0 bridgehead atoms. The highest BCUT2D eigenvalue weighted by Crippen LogP contribution is 2.27. The number of H-pyrrole nitrogens is 1. The molecule has 3 aromatic rings. The summed E-state index contributed by atoms with van der Waals surface area (Å²) in [7, 11) is 0. The summed E-state index contributed by atoms with van der Waals surface area (Å²) in [4.78, 5) is 7.67. The number of hydrogen-bond donors (Lipinski definition) is 3. The van der Waals surface area contributed by atoms with E-state index < -0.39 is 0 Å². The van der Waals surface area contributed by atoms with Crippen molar-refractivity contribution in [3.8, 4) is 11.4 Å². The van der Waals surface area contributed by atoms with Crippen LogP contribution in [0.15, 0.2) is 36.4 Å². The molecule has 0 fully saturated rings. The largest absolute Gasteiger partial charge is 0.399 e. The standard InChI is InChI=1S/C13H11ClN4/c14-10-2-1-3-11-12(10)18-13(17-11)7-4-8(15)6-9(16)5-7/h1-6H,15-16H2,(H,17,18). The van der Waals surface area contributed by atoms with E-state index in [-0.39, 0.29) is 0 Å². The number of para-hydroxylation sites is 1. The number of nitrogens with one attached hydrogen (secondary N) is 1. The molecule has 0 spiro atoms. The predicted molar refractivity (Wildman–Crippen MR) is 75.4 cm³/mol. The lowest BCUT2D eigenvalue weighted by atomic mass is 10.1. The quantitative estimate of drug-likeness (QED) is 0.587. The number of nitrogens with zero attached hydrogens (tertiary/aromatic N) is 1. The van der Waals surface area contributed by atoms with Gasteiger partial charge in [0.15, 0.2) is 0 Å². The van der Waals surface area contributed by atoms with Gasteiger partial charge in [0.05, 0.1) is 10.5 Å². The monoisotopic (exact) mass is 258 g/mol. The van der Waals surface area contributed by atoms with Crippen LogP contribution in [-0.4, -0.2) is 9.97 Å². The summed E-state index contributed by atoms with van der Waals surface area (Å²) in [6.45, 7) is 0. The van der Waals surface area contributed by atoms with E-state index in [1.165, 1.54) is 0 Å². The average molecular weight is 259 g/mol. The Morgan fingerprint density at radius 3 is 2.44 bits per heavy atom. The van der Waals surface area contributed by atoms with Crippen molar-refractivity contribution in [1.82, 2.24) is 9.97 Å². The Morgan fingerprint density at radius 2 is 1.78 bits per heavy atom. The second-order valence-corrected chi connectivity index (χ2v) is 4.52. The molecule has 0 saturated carbocycles. The minimum Gasteiger partial charge on any atom is -0.399 e. The first-order valence-electron chi connectivity index (χ1n) is 5.44. The van der Waals surface area contributed by atoms with Crippen molar-refractivity contribution in [2.75, 3.05) is 11.5 Å². The number of fused-ring (bicyclic) bond motifs is 1. The van der Waals surface area contributed by atoms with E-state index in [0.717, 1.165) is 16.6 Å². The summed E-state index contributed by atoms with van der Waals surface area (Å²) < 4.78 is 0. The highest BCUT2D eigenvalue weighted by atomic mass is 35.5. The minimum absolute atomic E-state index is 0.608. The third-order valence-corrected chi connectivity index (χ3v) is 3.02. The SMILES string of the molecule is Nc1cc(N)cc(-c2nc3c(Cl)cccc3[nH]2)c1. The molecule has 1 heterocycles. The number of imidazole rings is 1. The van der Waals surface area contributed by atoms with Crippen LogP contribution in [0, 0.1) is 0 Å². The van der Waals surface area contributed by atoms with E-state index in [4.69, 9.17) is 23.1 Å². The third-order valence-electron chi connectivity index (χ3n) is 2.71. The number of nitrogens with two attached hydrogens (primary N) is 2. The van der Waals surface area contributed by atoms with E-state index in [2.05, 4.69) is 9.97 Å². The Balaban J connectivity index is 2.22. The summed E-state index contributed by atoms with van der Waals surface area (Å²) in [6.07, 6.45) is 0. The van der Waals surface area contributed by atoms with Gasteiger partial charge in [0, 0.05) is 16.9 Å². The summed E-state index contributed by atoms with van der Waals surface area (Å²) in [5.74, 6) is 0.706. The van der Waals surface area contributed by atoms with E-state index in [9.17, 15) is 0 Å². The Kier molecular flexibility index (Phi) is 2.38. The molecule has 5 N–H and O–H groups in total. The number of rotatable bonds is 1. The molecule has 0 aliphatic rings. The van der Waals surface area contributed by atoms with Gasteiger partial charge < -0.3 is 16.5 Å². The maximum Gasteiger partial charge on any atom is 0.138 e. The van der Waals surface area contributed by atoms with Crippen LogP contribution >= 0.6 is 11.6 Å². The van der Waals surface area contributed by atoms with Gasteiger partial charge in [-0.15, -0.1) is 0 Å². The Hall–Kier alpha value is -2.20. The lowest BCUT2D eigenvalue weighted by molar-refractivity contribution is 1.34. The van der Waals surface area contributed by atoms with E-state index in [1.807, 2.05) is 30.3 Å². The molecule has 90 valence electrons. The molecule has 0 amide bonds. The fraction of sp³-hybridized carbons (Fsp3) is 0. The van der Waals surface area contributed by atoms with Crippen molar-refractivity contribution >= 4 is 34.0 Å². The first-order chi connectivity index (χ1) is 8.63. The smallest absolute Gasteiger partial charge is 0.138 e. The number of benzene rings is 2. The van der Waals surface area contributed by atoms with Gasteiger partial charge in [0.25, 0.3) is 0 Å². The Labute approximate surface area is 109 Å². The number of aromatic nitrogens is 2. The molecule has 0 saturated heterocycles. The fourth-order valence-corrected chi connectivity index (χ4v) is 2.16. The van der Waals surface area contributed by atoms with Crippen molar-refractivity contribution in [2.24, 2.45) is 0 Å². The van der Waals surface area contributed by atoms with Gasteiger partial charge in [-0.1, -0.05) is 17.7 Å². The van der Waals surface area contributed by atoms with Gasteiger partial charge >= 0.3 is 0 Å². The molecule has 1 aromatic heterocycles. The maximum atomic E-state index is 6.09. The third kappa shape index (κ3) is 1.76. The molecule has 0 radical (unpaired) electrons. The van der Waals surface area contributed by atoms with E-state index >= 15 is 0 Å². The molecule has 0 aliphatic carbocycles. The summed E-state index contributed by atoms with van der Waals surface area (Å²) in [5.41, 5.74) is 15.2. The van der Waals surface area contributed by atoms with Crippen LogP contribution in [0.1, 0.15) is 0 Å². The van der Waals surface area contributed by atoms with Crippen LogP contribution in [0.3, 0.4) is 0 Å². The fourth-order valence-electron chi connectivity index (χ4n) is 1.95. The van der Waals surface area contributed by atoms with Gasteiger partial charge in [0.2, 0.25) is 0 Å². The molecule has 4 nitrogen and oxygen atoms in total. The van der Waals surface area contributed by atoms with Gasteiger partial charge in [-0.05, 0) is 30.3 Å². The van der Waals surface area contributed by atoms with Crippen molar-refractivity contribution in [3.63, 3.8) is 0 Å². The first kappa shape index (κ1) is 10.9. The van der Waals surface area contributed by atoms with Crippen LogP contribution in [-0.2, 0) is 0 Å².